The summed E-state index contributed by atoms with van der Waals surface area (Å²) in [6.45, 7) is 7.45. The van der Waals surface area contributed by atoms with Crippen LogP contribution in [-0.2, 0) is 4.74 Å². The van der Waals surface area contributed by atoms with Gasteiger partial charge < -0.3 is 15.0 Å². The molecule has 0 spiro atoms. The van der Waals surface area contributed by atoms with E-state index in [1.807, 2.05) is 25.7 Å². The van der Waals surface area contributed by atoms with Crippen LogP contribution in [0.15, 0.2) is 0 Å². The second kappa shape index (κ2) is 6.33. The zero-order chi connectivity index (χ0) is 14.8. The fraction of sp³-hybridized carbons (Fsp3) is 0.938. The Hall–Kier alpha value is -0.770. The number of likely N-dealkylation sites (tertiary alicyclic amines) is 1. The van der Waals surface area contributed by atoms with Gasteiger partial charge in [-0.3, -0.25) is 0 Å². The van der Waals surface area contributed by atoms with Gasteiger partial charge in [0.2, 0.25) is 0 Å². The Kier molecular flexibility index (Phi) is 4.95. The molecule has 2 unspecified atom stereocenters. The van der Waals surface area contributed by atoms with Crippen molar-refractivity contribution in [2.24, 2.45) is 11.8 Å². The van der Waals surface area contributed by atoms with E-state index in [-0.39, 0.29) is 6.09 Å². The van der Waals surface area contributed by atoms with Crippen molar-refractivity contribution in [3.8, 4) is 0 Å². The molecule has 1 saturated heterocycles. The van der Waals surface area contributed by atoms with Gasteiger partial charge in [0, 0.05) is 19.1 Å². The van der Waals surface area contributed by atoms with Crippen LogP contribution in [0.25, 0.3) is 0 Å². The van der Waals surface area contributed by atoms with Crippen molar-refractivity contribution in [2.45, 2.75) is 64.5 Å². The zero-order valence-electron chi connectivity index (χ0n) is 13.4. The Bertz CT molecular complexity index is 332. The van der Waals surface area contributed by atoms with Gasteiger partial charge in [0.05, 0.1) is 0 Å². The van der Waals surface area contributed by atoms with Gasteiger partial charge in [-0.1, -0.05) is 12.8 Å². The fourth-order valence-corrected chi connectivity index (χ4v) is 3.75. The Morgan fingerprint density at radius 2 is 1.85 bits per heavy atom. The van der Waals surface area contributed by atoms with Crippen molar-refractivity contribution in [3.63, 3.8) is 0 Å². The minimum Gasteiger partial charge on any atom is -0.444 e. The summed E-state index contributed by atoms with van der Waals surface area (Å²) in [5, 5.41) is 3.51. The van der Waals surface area contributed by atoms with E-state index in [1.54, 1.807) is 0 Å². The van der Waals surface area contributed by atoms with Crippen LogP contribution in [0.2, 0.25) is 0 Å². The number of amides is 1. The zero-order valence-corrected chi connectivity index (χ0v) is 13.4. The molecule has 1 heterocycles. The van der Waals surface area contributed by atoms with Gasteiger partial charge in [0.25, 0.3) is 0 Å². The van der Waals surface area contributed by atoms with Crippen molar-refractivity contribution < 1.29 is 9.53 Å². The number of hydrogen-bond donors (Lipinski definition) is 1. The molecule has 0 aromatic rings. The molecule has 1 aliphatic heterocycles. The lowest BCUT2D eigenvalue weighted by atomic mass is 9.86. The molecule has 2 aliphatic rings. The highest BCUT2D eigenvalue weighted by Crippen LogP contribution is 2.34. The molecule has 1 N–H and O–H groups in total. The minimum absolute atomic E-state index is 0.152. The van der Waals surface area contributed by atoms with Gasteiger partial charge in [0.1, 0.15) is 5.60 Å². The lowest BCUT2D eigenvalue weighted by molar-refractivity contribution is 0.0283. The molecule has 116 valence electrons. The van der Waals surface area contributed by atoms with Crippen molar-refractivity contribution in [2.75, 3.05) is 20.1 Å². The van der Waals surface area contributed by atoms with E-state index in [1.165, 1.54) is 25.7 Å². The maximum atomic E-state index is 12.1. The van der Waals surface area contributed by atoms with Crippen molar-refractivity contribution >= 4 is 6.09 Å². The molecule has 2 rings (SSSR count). The normalized spacial score (nSPS) is 26.0. The number of ether oxygens (including phenoxy) is 1. The molecular weight excluding hydrogens is 252 g/mol. The maximum absolute atomic E-state index is 12.1. The summed E-state index contributed by atoms with van der Waals surface area (Å²) in [4.78, 5) is 14.0. The van der Waals surface area contributed by atoms with Crippen LogP contribution in [0.1, 0.15) is 52.9 Å². The SMILES string of the molecule is CNC(C1CCCC1)C1CCN(C(=O)OC(C)(C)C)C1. The lowest BCUT2D eigenvalue weighted by Gasteiger charge is -2.29. The highest BCUT2D eigenvalue weighted by atomic mass is 16.6. The first-order chi connectivity index (χ1) is 9.40. The van der Waals surface area contributed by atoms with Crippen molar-refractivity contribution in [3.05, 3.63) is 0 Å². The fourth-order valence-electron chi connectivity index (χ4n) is 3.75. The smallest absolute Gasteiger partial charge is 0.410 e. The first-order valence-corrected chi connectivity index (χ1v) is 8.06. The summed E-state index contributed by atoms with van der Waals surface area (Å²) in [7, 11) is 2.07. The molecule has 1 aliphatic carbocycles. The van der Waals surface area contributed by atoms with Gasteiger partial charge in [-0.2, -0.15) is 0 Å². The molecule has 4 heteroatoms. The van der Waals surface area contributed by atoms with Crippen LogP contribution in [0.4, 0.5) is 4.79 Å². The standard InChI is InChI=1S/C16H30N2O2/c1-16(2,3)20-15(19)18-10-9-13(11-18)14(17-4)12-7-5-6-8-12/h12-14,17H,5-11H2,1-4H3. The van der Waals surface area contributed by atoms with Gasteiger partial charge in [0.15, 0.2) is 0 Å². The Balaban J connectivity index is 1.88. The van der Waals surface area contributed by atoms with Gasteiger partial charge in [-0.25, -0.2) is 4.79 Å². The molecular formula is C16H30N2O2. The van der Waals surface area contributed by atoms with Crippen molar-refractivity contribution in [1.29, 1.82) is 0 Å². The number of rotatable bonds is 3. The Morgan fingerprint density at radius 3 is 2.40 bits per heavy atom. The number of carbonyl (C=O) groups excluding carboxylic acids is 1. The number of carbonyl (C=O) groups is 1. The van der Waals surface area contributed by atoms with Crippen LogP contribution in [0, 0.1) is 11.8 Å². The summed E-state index contributed by atoms with van der Waals surface area (Å²) in [5.74, 6) is 1.37. The summed E-state index contributed by atoms with van der Waals surface area (Å²) < 4.78 is 5.48. The molecule has 2 atom stereocenters. The molecule has 1 saturated carbocycles. The van der Waals surface area contributed by atoms with E-state index in [4.69, 9.17) is 4.74 Å². The van der Waals surface area contributed by atoms with E-state index in [9.17, 15) is 4.79 Å². The van der Waals surface area contributed by atoms with Gasteiger partial charge in [-0.15, -0.1) is 0 Å². The van der Waals surface area contributed by atoms with Crippen molar-refractivity contribution in [1.82, 2.24) is 10.2 Å². The number of nitrogens with zero attached hydrogens (tertiary/aromatic N) is 1. The van der Waals surface area contributed by atoms with Gasteiger partial charge in [-0.05, 0) is 58.9 Å². The molecule has 2 fully saturated rings. The Labute approximate surface area is 123 Å². The molecule has 0 aromatic heterocycles. The molecule has 0 radical (unpaired) electrons. The van der Waals surface area contributed by atoms with Crippen LogP contribution in [0.5, 0.6) is 0 Å². The Morgan fingerprint density at radius 1 is 1.20 bits per heavy atom. The quantitative estimate of drug-likeness (QED) is 0.865. The van der Waals surface area contributed by atoms with E-state index in [0.717, 1.165) is 25.4 Å². The number of hydrogen-bond acceptors (Lipinski definition) is 3. The summed E-state index contributed by atoms with van der Waals surface area (Å²) in [6.07, 6.45) is 6.36. The first kappa shape index (κ1) is 15.6. The largest absolute Gasteiger partial charge is 0.444 e. The molecule has 0 bridgehead atoms. The predicted octanol–water partition coefficient (Wildman–Crippen LogP) is 3.02. The topological polar surface area (TPSA) is 41.6 Å². The van der Waals surface area contributed by atoms with Crippen LogP contribution >= 0.6 is 0 Å². The summed E-state index contributed by atoms with van der Waals surface area (Å²) in [6, 6.07) is 0.560. The van der Waals surface area contributed by atoms with E-state index in [2.05, 4.69) is 12.4 Å². The van der Waals surface area contributed by atoms with E-state index in [0.29, 0.717) is 12.0 Å². The molecule has 4 nitrogen and oxygen atoms in total. The van der Waals surface area contributed by atoms with E-state index < -0.39 is 5.60 Å². The first-order valence-electron chi connectivity index (χ1n) is 8.06. The lowest BCUT2D eigenvalue weighted by Crippen LogP contribution is -2.42. The highest BCUT2D eigenvalue weighted by Gasteiger charge is 2.37. The third kappa shape index (κ3) is 3.87. The van der Waals surface area contributed by atoms with Crippen LogP contribution in [-0.4, -0.2) is 42.8 Å². The van der Waals surface area contributed by atoms with Crippen LogP contribution in [0.3, 0.4) is 0 Å². The molecule has 20 heavy (non-hydrogen) atoms. The third-order valence-electron chi connectivity index (χ3n) is 4.63. The summed E-state index contributed by atoms with van der Waals surface area (Å²) >= 11 is 0. The third-order valence-corrected chi connectivity index (χ3v) is 4.63. The van der Waals surface area contributed by atoms with Crippen LogP contribution < -0.4 is 5.32 Å². The second-order valence-electron chi connectivity index (χ2n) is 7.33. The molecule has 1 amide bonds. The van der Waals surface area contributed by atoms with E-state index >= 15 is 0 Å². The molecule has 0 aromatic carbocycles. The monoisotopic (exact) mass is 282 g/mol. The second-order valence-corrected chi connectivity index (χ2v) is 7.33. The average Bonchev–Trinajstić information content (AvgIpc) is 2.98. The highest BCUT2D eigenvalue weighted by molar-refractivity contribution is 5.68. The average molecular weight is 282 g/mol. The van der Waals surface area contributed by atoms with Gasteiger partial charge >= 0.3 is 6.09 Å². The number of nitrogens with one attached hydrogen (secondary N) is 1. The maximum Gasteiger partial charge on any atom is 0.410 e. The summed E-state index contributed by atoms with van der Waals surface area (Å²) in [5.41, 5.74) is -0.400. The minimum atomic E-state index is -0.400. The predicted molar refractivity (Wildman–Crippen MR) is 80.7 cm³/mol.